The predicted octanol–water partition coefficient (Wildman–Crippen LogP) is 2.11. The number of likely N-dealkylation sites (tertiary alicyclic amines) is 1. The van der Waals surface area contributed by atoms with Crippen molar-refractivity contribution in [3.63, 3.8) is 0 Å². The zero-order chi connectivity index (χ0) is 13.9. The van der Waals surface area contributed by atoms with Crippen LogP contribution >= 0.6 is 0 Å². The number of fused-ring (bicyclic) bond motifs is 1. The summed E-state index contributed by atoms with van der Waals surface area (Å²) in [5.41, 5.74) is 7.55. The lowest BCUT2D eigenvalue weighted by Crippen LogP contribution is -2.42. The minimum absolute atomic E-state index is 0.447. The smallest absolute Gasteiger partial charge is 0.137 e. The predicted molar refractivity (Wildman–Crippen MR) is 82.7 cm³/mol. The van der Waals surface area contributed by atoms with E-state index in [-0.39, 0.29) is 0 Å². The van der Waals surface area contributed by atoms with Gasteiger partial charge in [-0.2, -0.15) is 0 Å². The van der Waals surface area contributed by atoms with Gasteiger partial charge in [-0.3, -0.25) is 0 Å². The van der Waals surface area contributed by atoms with Crippen LogP contribution in [0.1, 0.15) is 19.8 Å². The maximum absolute atomic E-state index is 5.88. The second-order valence-electron chi connectivity index (χ2n) is 5.38. The van der Waals surface area contributed by atoms with Gasteiger partial charge in [0.25, 0.3) is 0 Å². The largest absolute Gasteiger partial charge is 0.399 e. The van der Waals surface area contributed by atoms with E-state index in [9.17, 15) is 0 Å². The van der Waals surface area contributed by atoms with E-state index in [1.54, 1.807) is 6.33 Å². The van der Waals surface area contributed by atoms with Crippen LogP contribution in [0, 0.1) is 0 Å². The van der Waals surface area contributed by atoms with Crippen LogP contribution < -0.4 is 11.1 Å². The van der Waals surface area contributed by atoms with Crippen LogP contribution in [0.5, 0.6) is 0 Å². The van der Waals surface area contributed by atoms with Crippen molar-refractivity contribution in [2.24, 2.45) is 0 Å². The summed E-state index contributed by atoms with van der Waals surface area (Å²) in [5, 5.41) is 4.57. The average molecular weight is 271 g/mol. The monoisotopic (exact) mass is 271 g/mol. The number of nitrogens with two attached hydrogens (primary N) is 1. The molecule has 1 fully saturated rings. The molecule has 1 saturated heterocycles. The standard InChI is InChI=1S/C15H21N5/c1-2-20-7-3-4-12(9-20)19-15-13-8-11(16)5-6-14(13)17-10-18-15/h5-6,8,10,12H,2-4,7,9,16H2,1H3,(H,17,18,19). The third-order valence-corrected chi connectivity index (χ3v) is 3.95. The minimum Gasteiger partial charge on any atom is -0.399 e. The topological polar surface area (TPSA) is 67.1 Å². The Bertz CT molecular complexity index is 598. The highest BCUT2D eigenvalue weighted by molar-refractivity contribution is 5.91. The lowest BCUT2D eigenvalue weighted by Gasteiger charge is -2.32. The Morgan fingerprint density at radius 3 is 3.15 bits per heavy atom. The van der Waals surface area contributed by atoms with E-state index in [2.05, 4.69) is 27.1 Å². The fourth-order valence-electron chi connectivity index (χ4n) is 2.84. The summed E-state index contributed by atoms with van der Waals surface area (Å²) >= 11 is 0. The zero-order valence-electron chi connectivity index (χ0n) is 11.8. The van der Waals surface area contributed by atoms with Gasteiger partial charge >= 0.3 is 0 Å². The number of piperidine rings is 1. The third-order valence-electron chi connectivity index (χ3n) is 3.95. The fourth-order valence-corrected chi connectivity index (χ4v) is 2.84. The summed E-state index contributed by atoms with van der Waals surface area (Å²) in [5.74, 6) is 0.894. The molecule has 1 unspecified atom stereocenters. The zero-order valence-corrected chi connectivity index (χ0v) is 11.8. The molecule has 5 nitrogen and oxygen atoms in total. The molecule has 0 aliphatic carbocycles. The van der Waals surface area contributed by atoms with Crippen molar-refractivity contribution in [2.45, 2.75) is 25.8 Å². The molecule has 1 aromatic carbocycles. The summed E-state index contributed by atoms with van der Waals surface area (Å²) in [6.07, 6.45) is 4.03. The number of hydrogen-bond acceptors (Lipinski definition) is 5. The summed E-state index contributed by atoms with van der Waals surface area (Å²) in [7, 11) is 0. The van der Waals surface area contributed by atoms with Crippen molar-refractivity contribution >= 4 is 22.4 Å². The Kier molecular flexibility index (Phi) is 3.69. The average Bonchev–Trinajstić information content (AvgIpc) is 2.48. The molecule has 0 saturated carbocycles. The quantitative estimate of drug-likeness (QED) is 0.837. The van der Waals surface area contributed by atoms with Gasteiger partial charge in [0.05, 0.1) is 5.52 Å². The second kappa shape index (κ2) is 5.63. The number of benzene rings is 1. The molecule has 2 aromatic rings. The normalized spacial score (nSPS) is 20.1. The molecule has 5 heteroatoms. The van der Waals surface area contributed by atoms with Gasteiger partial charge in [0, 0.05) is 23.7 Å². The Morgan fingerprint density at radius 1 is 1.40 bits per heavy atom. The Balaban J connectivity index is 1.85. The van der Waals surface area contributed by atoms with Crippen LogP contribution in [-0.4, -0.2) is 40.5 Å². The molecule has 0 amide bonds. The van der Waals surface area contributed by atoms with Crippen LogP contribution in [0.25, 0.3) is 10.9 Å². The van der Waals surface area contributed by atoms with Gasteiger partial charge in [0.2, 0.25) is 0 Å². The van der Waals surface area contributed by atoms with Gasteiger partial charge in [-0.05, 0) is 44.1 Å². The lowest BCUT2D eigenvalue weighted by atomic mass is 10.1. The van der Waals surface area contributed by atoms with E-state index >= 15 is 0 Å². The van der Waals surface area contributed by atoms with Crippen molar-refractivity contribution in [3.05, 3.63) is 24.5 Å². The van der Waals surface area contributed by atoms with Gasteiger partial charge in [0.1, 0.15) is 12.1 Å². The van der Waals surface area contributed by atoms with Gasteiger partial charge in [0.15, 0.2) is 0 Å². The first-order chi connectivity index (χ1) is 9.76. The maximum Gasteiger partial charge on any atom is 0.137 e. The second-order valence-corrected chi connectivity index (χ2v) is 5.38. The number of nitrogens with one attached hydrogen (secondary N) is 1. The maximum atomic E-state index is 5.88. The molecule has 1 aliphatic rings. The molecule has 2 heterocycles. The Morgan fingerprint density at radius 2 is 2.30 bits per heavy atom. The summed E-state index contributed by atoms with van der Waals surface area (Å²) in [4.78, 5) is 11.2. The number of rotatable bonds is 3. The van der Waals surface area contributed by atoms with E-state index in [0.29, 0.717) is 6.04 Å². The van der Waals surface area contributed by atoms with Crippen LogP contribution in [0.2, 0.25) is 0 Å². The minimum atomic E-state index is 0.447. The van der Waals surface area contributed by atoms with E-state index in [1.807, 2.05) is 18.2 Å². The Hall–Kier alpha value is -1.88. The molecular formula is C15H21N5. The van der Waals surface area contributed by atoms with Crippen molar-refractivity contribution < 1.29 is 0 Å². The molecule has 1 aromatic heterocycles. The molecule has 20 heavy (non-hydrogen) atoms. The first-order valence-corrected chi connectivity index (χ1v) is 7.25. The van der Waals surface area contributed by atoms with E-state index in [1.165, 1.54) is 19.4 Å². The highest BCUT2D eigenvalue weighted by Crippen LogP contribution is 2.23. The summed E-state index contributed by atoms with van der Waals surface area (Å²) in [6.45, 7) is 5.59. The summed E-state index contributed by atoms with van der Waals surface area (Å²) in [6, 6.07) is 6.20. The number of anilines is 2. The molecule has 1 atom stereocenters. The van der Waals surface area contributed by atoms with E-state index < -0.39 is 0 Å². The van der Waals surface area contributed by atoms with Gasteiger partial charge in [-0.15, -0.1) is 0 Å². The molecular weight excluding hydrogens is 250 g/mol. The van der Waals surface area contributed by atoms with Crippen LogP contribution in [-0.2, 0) is 0 Å². The number of aromatic nitrogens is 2. The number of likely N-dealkylation sites (N-methyl/N-ethyl adjacent to an activating group) is 1. The van der Waals surface area contributed by atoms with Gasteiger partial charge in [-0.25, -0.2) is 9.97 Å². The molecule has 0 spiro atoms. The van der Waals surface area contributed by atoms with Gasteiger partial charge < -0.3 is 16.0 Å². The van der Waals surface area contributed by atoms with E-state index in [4.69, 9.17) is 5.73 Å². The lowest BCUT2D eigenvalue weighted by molar-refractivity contribution is 0.226. The number of hydrogen-bond donors (Lipinski definition) is 2. The SMILES string of the molecule is CCN1CCCC(Nc2ncnc3ccc(N)cc23)C1. The number of nitrogen functional groups attached to an aromatic ring is 1. The van der Waals surface area contributed by atoms with Crippen LogP contribution in [0.4, 0.5) is 11.5 Å². The van der Waals surface area contributed by atoms with Crippen LogP contribution in [0.3, 0.4) is 0 Å². The number of nitrogens with zero attached hydrogens (tertiary/aromatic N) is 3. The molecule has 1 aliphatic heterocycles. The van der Waals surface area contributed by atoms with Crippen molar-refractivity contribution in [2.75, 3.05) is 30.7 Å². The highest BCUT2D eigenvalue weighted by Gasteiger charge is 2.19. The highest BCUT2D eigenvalue weighted by atomic mass is 15.2. The molecule has 106 valence electrons. The Labute approximate surface area is 119 Å². The van der Waals surface area contributed by atoms with Crippen molar-refractivity contribution in [1.29, 1.82) is 0 Å². The summed E-state index contributed by atoms with van der Waals surface area (Å²) < 4.78 is 0. The van der Waals surface area contributed by atoms with Crippen LogP contribution in [0.15, 0.2) is 24.5 Å². The molecule has 3 N–H and O–H groups in total. The van der Waals surface area contributed by atoms with Gasteiger partial charge in [-0.1, -0.05) is 6.92 Å². The molecule has 3 rings (SSSR count). The first-order valence-electron chi connectivity index (χ1n) is 7.25. The van der Waals surface area contributed by atoms with Crippen molar-refractivity contribution in [1.82, 2.24) is 14.9 Å². The molecule has 0 bridgehead atoms. The van der Waals surface area contributed by atoms with Crippen molar-refractivity contribution in [3.8, 4) is 0 Å². The molecule has 0 radical (unpaired) electrons. The van der Waals surface area contributed by atoms with E-state index in [0.717, 1.165) is 35.5 Å². The fraction of sp³-hybridized carbons (Fsp3) is 0.467. The third kappa shape index (κ3) is 2.67. The first kappa shape index (κ1) is 13.1.